The number of carbonyl (C=O) groups excluding carboxylic acids is 1. The average Bonchev–Trinajstić information content (AvgIpc) is 3.33. The topological polar surface area (TPSA) is 121 Å². The minimum atomic E-state index is -1.01. The zero-order chi connectivity index (χ0) is 25.1. The maximum atomic E-state index is 13.0. The highest BCUT2D eigenvalue weighted by Gasteiger charge is 2.37. The monoisotopic (exact) mass is 479 g/mol. The zero-order valence-electron chi connectivity index (χ0n) is 20.4. The van der Waals surface area contributed by atoms with Crippen LogP contribution in [0.5, 0.6) is 0 Å². The van der Waals surface area contributed by atoms with Gasteiger partial charge in [-0.15, -0.1) is 0 Å². The van der Waals surface area contributed by atoms with Crippen molar-refractivity contribution in [3.05, 3.63) is 47.2 Å². The summed E-state index contributed by atoms with van der Waals surface area (Å²) < 4.78 is 11.5. The van der Waals surface area contributed by atoms with Crippen molar-refractivity contribution in [1.82, 2.24) is 5.32 Å². The lowest BCUT2D eigenvalue weighted by Gasteiger charge is -2.38. The molecule has 0 bridgehead atoms. The van der Waals surface area contributed by atoms with E-state index in [9.17, 15) is 14.7 Å². The van der Waals surface area contributed by atoms with Crippen LogP contribution in [0.4, 0.5) is 5.69 Å². The Morgan fingerprint density at radius 2 is 2.03 bits per heavy atom. The van der Waals surface area contributed by atoms with Gasteiger partial charge in [0.2, 0.25) is 5.91 Å². The van der Waals surface area contributed by atoms with Crippen LogP contribution in [-0.4, -0.2) is 42.8 Å². The van der Waals surface area contributed by atoms with Gasteiger partial charge in [0, 0.05) is 37.3 Å². The number of ether oxygens (including phenoxy) is 2. The number of nitrogens with one attached hydrogen (secondary N) is 2. The molecule has 0 aromatic heterocycles. The largest absolute Gasteiger partial charge is 0.480 e. The molecule has 1 fully saturated rings. The summed E-state index contributed by atoms with van der Waals surface area (Å²) in [5.74, 6) is -1.20. The first kappa shape index (κ1) is 25.0. The summed E-state index contributed by atoms with van der Waals surface area (Å²) in [7, 11) is 0. The number of nitriles is 1. The molecule has 35 heavy (non-hydrogen) atoms. The molecule has 8 nitrogen and oxygen atoms in total. The third-order valence-electron chi connectivity index (χ3n) is 7.22. The Balaban J connectivity index is 1.67. The van der Waals surface area contributed by atoms with E-state index in [2.05, 4.69) is 30.6 Å². The van der Waals surface area contributed by atoms with Gasteiger partial charge in [-0.25, -0.2) is 4.79 Å². The summed E-state index contributed by atoms with van der Waals surface area (Å²) in [5, 5.41) is 24.4. The standard InChI is InChI=1S/C27H33N3O5/c1-26(2)9-7-18(8-10-26)21-15-19(27(35-17-24(31)32)11-13-34-14-12-27)3-5-22(21)30-25(33)23-6-4-20(16-28)29-23/h3-5,7,15,23,29H,6,8-14,17H2,1-2H3,(H,30,33)(H,31,32). The molecule has 1 aromatic rings. The number of allylic oxidation sites excluding steroid dienone is 3. The lowest BCUT2D eigenvalue weighted by atomic mass is 9.76. The number of rotatable bonds is 7. The van der Waals surface area contributed by atoms with Crippen LogP contribution >= 0.6 is 0 Å². The van der Waals surface area contributed by atoms with Crippen LogP contribution in [-0.2, 0) is 24.7 Å². The van der Waals surface area contributed by atoms with E-state index in [0.717, 1.165) is 36.0 Å². The molecule has 3 N–H and O–H groups in total. The number of amides is 1. The first-order valence-corrected chi connectivity index (χ1v) is 12.2. The number of aliphatic carboxylic acids is 1. The summed E-state index contributed by atoms with van der Waals surface area (Å²) in [5.41, 5.74) is 3.59. The first-order chi connectivity index (χ1) is 16.7. The Morgan fingerprint density at radius 3 is 2.66 bits per heavy atom. The quantitative estimate of drug-likeness (QED) is 0.538. The van der Waals surface area contributed by atoms with Crippen molar-refractivity contribution >= 4 is 23.1 Å². The molecule has 1 aromatic carbocycles. The second-order valence-corrected chi connectivity index (χ2v) is 10.3. The van der Waals surface area contributed by atoms with E-state index in [4.69, 9.17) is 14.7 Å². The van der Waals surface area contributed by atoms with Crippen LogP contribution < -0.4 is 10.6 Å². The van der Waals surface area contributed by atoms with Crippen LogP contribution in [0.15, 0.2) is 36.0 Å². The van der Waals surface area contributed by atoms with Crippen molar-refractivity contribution in [2.75, 3.05) is 25.1 Å². The van der Waals surface area contributed by atoms with Gasteiger partial charge in [0.15, 0.2) is 0 Å². The van der Waals surface area contributed by atoms with E-state index in [1.54, 1.807) is 6.08 Å². The van der Waals surface area contributed by atoms with Crippen LogP contribution in [0.1, 0.15) is 63.5 Å². The number of carbonyl (C=O) groups is 2. The fourth-order valence-corrected chi connectivity index (χ4v) is 4.95. The second-order valence-electron chi connectivity index (χ2n) is 10.3. The van der Waals surface area contributed by atoms with Crippen molar-refractivity contribution in [2.24, 2.45) is 5.41 Å². The van der Waals surface area contributed by atoms with Gasteiger partial charge in [0.05, 0.1) is 5.60 Å². The van der Waals surface area contributed by atoms with Crippen molar-refractivity contribution in [2.45, 2.75) is 64.0 Å². The van der Waals surface area contributed by atoms with Crippen LogP contribution in [0.3, 0.4) is 0 Å². The minimum absolute atomic E-state index is 0.194. The van der Waals surface area contributed by atoms with Crippen molar-refractivity contribution in [3.63, 3.8) is 0 Å². The summed E-state index contributed by atoms with van der Waals surface area (Å²) in [6.45, 7) is 5.10. The third-order valence-corrected chi connectivity index (χ3v) is 7.22. The Morgan fingerprint density at radius 1 is 1.26 bits per heavy atom. The molecule has 1 saturated heterocycles. The van der Waals surface area contributed by atoms with E-state index >= 15 is 0 Å². The molecule has 2 heterocycles. The molecule has 2 aliphatic heterocycles. The summed E-state index contributed by atoms with van der Waals surface area (Å²) in [6.07, 6.45) is 8.42. The molecule has 1 unspecified atom stereocenters. The van der Waals surface area contributed by atoms with Crippen molar-refractivity contribution < 1.29 is 24.2 Å². The summed E-state index contributed by atoms with van der Waals surface area (Å²) in [6, 6.07) is 7.41. The molecule has 1 atom stereocenters. The number of nitrogens with zero attached hydrogens (tertiary/aromatic N) is 1. The number of carboxylic acids is 1. The summed E-state index contributed by atoms with van der Waals surface area (Å²) >= 11 is 0. The Labute approximate surface area is 206 Å². The molecule has 0 saturated carbocycles. The Bertz CT molecular complexity index is 1090. The third kappa shape index (κ3) is 5.75. The zero-order valence-corrected chi connectivity index (χ0v) is 20.4. The van der Waals surface area contributed by atoms with Crippen LogP contribution in [0, 0.1) is 16.7 Å². The van der Waals surface area contributed by atoms with Gasteiger partial charge in [-0.2, -0.15) is 5.26 Å². The van der Waals surface area contributed by atoms with E-state index in [1.165, 1.54) is 0 Å². The number of anilines is 1. The normalized spacial score (nSPS) is 22.8. The average molecular weight is 480 g/mol. The van der Waals surface area contributed by atoms with Gasteiger partial charge in [0.25, 0.3) is 0 Å². The summed E-state index contributed by atoms with van der Waals surface area (Å²) in [4.78, 5) is 24.3. The predicted molar refractivity (Wildman–Crippen MR) is 131 cm³/mol. The Kier molecular flexibility index (Phi) is 7.29. The number of hydrogen-bond donors (Lipinski definition) is 3. The van der Waals surface area contributed by atoms with Gasteiger partial charge >= 0.3 is 5.97 Å². The molecule has 8 heteroatoms. The second kappa shape index (κ2) is 10.2. The minimum Gasteiger partial charge on any atom is -0.480 e. The fraction of sp³-hybridized carbons (Fsp3) is 0.519. The molecular formula is C27H33N3O5. The molecule has 4 rings (SSSR count). The highest BCUT2D eigenvalue weighted by molar-refractivity contribution is 5.98. The maximum Gasteiger partial charge on any atom is 0.329 e. The van der Waals surface area contributed by atoms with Crippen molar-refractivity contribution in [1.29, 1.82) is 5.26 Å². The van der Waals surface area contributed by atoms with E-state index in [-0.39, 0.29) is 17.9 Å². The smallest absolute Gasteiger partial charge is 0.329 e. The van der Waals surface area contributed by atoms with Gasteiger partial charge in [0.1, 0.15) is 24.4 Å². The highest BCUT2D eigenvalue weighted by atomic mass is 16.5. The molecule has 0 radical (unpaired) electrons. The van der Waals surface area contributed by atoms with Crippen LogP contribution in [0.2, 0.25) is 0 Å². The number of benzene rings is 1. The van der Waals surface area contributed by atoms with E-state index < -0.39 is 17.6 Å². The van der Waals surface area contributed by atoms with Gasteiger partial charge in [-0.1, -0.05) is 26.0 Å². The van der Waals surface area contributed by atoms with E-state index in [1.807, 2.05) is 24.3 Å². The predicted octanol–water partition coefficient (Wildman–Crippen LogP) is 4.09. The lowest BCUT2D eigenvalue weighted by molar-refractivity contribution is -0.159. The molecule has 1 amide bonds. The van der Waals surface area contributed by atoms with E-state index in [0.29, 0.717) is 43.9 Å². The van der Waals surface area contributed by atoms with Gasteiger partial charge in [-0.05, 0) is 60.4 Å². The Hall–Kier alpha value is -3.15. The number of carboxylic acid groups (broad SMARTS) is 1. The fourth-order valence-electron chi connectivity index (χ4n) is 4.95. The maximum absolute atomic E-state index is 13.0. The van der Waals surface area contributed by atoms with Crippen molar-refractivity contribution in [3.8, 4) is 6.07 Å². The number of hydrogen-bond acceptors (Lipinski definition) is 6. The van der Waals surface area contributed by atoms with Crippen LogP contribution in [0.25, 0.3) is 5.57 Å². The first-order valence-electron chi connectivity index (χ1n) is 12.2. The molecule has 1 aliphatic carbocycles. The molecule has 3 aliphatic rings. The highest BCUT2D eigenvalue weighted by Crippen LogP contribution is 2.43. The lowest BCUT2D eigenvalue weighted by Crippen LogP contribution is -2.38. The molecule has 186 valence electrons. The molecule has 0 spiro atoms. The SMILES string of the molecule is CC1(C)CC=C(c2cc(C3(OCC(=O)O)CCOCC3)ccc2NC(=O)C2CC=C(C#N)N2)CC1. The molecular weight excluding hydrogens is 446 g/mol. The van der Waals surface area contributed by atoms with Gasteiger partial charge in [-0.3, -0.25) is 4.79 Å². The van der Waals surface area contributed by atoms with Gasteiger partial charge < -0.3 is 25.2 Å².